The molecule has 0 aliphatic carbocycles. The van der Waals surface area contributed by atoms with E-state index in [1.165, 1.54) is 12.0 Å². The molecule has 0 radical (unpaired) electrons. The fourth-order valence-electron chi connectivity index (χ4n) is 1.60. The summed E-state index contributed by atoms with van der Waals surface area (Å²) in [5.41, 5.74) is 1.23. The van der Waals surface area contributed by atoms with Crippen LogP contribution in [0.1, 0.15) is 38.2 Å². The molecule has 0 aliphatic rings. The molecule has 2 heteroatoms. The molecular formula is C13H18BrF. The van der Waals surface area contributed by atoms with Gasteiger partial charge in [-0.15, -0.1) is 0 Å². The molecule has 15 heavy (non-hydrogen) atoms. The van der Waals surface area contributed by atoms with Crippen LogP contribution in [0, 0.1) is 11.7 Å². The third kappa shape index (κ3) is 4.33. The third-order valence-corrected chi connectivity index (χ3v) is 3.40. The molecular weight excluding hydrogens is 255 g/mol. The predicted octanol–water partition coefficient (Wildman–Crippen LogP) is 4.74. The summed E-state index contributed by atoms with van der Waals surface area (Å²) in [5, 5.41) is 0.950. The lowest BCUT2D eigenvalue weighted by Crippen LogP contribution is -2.02. The average molecular weight is 273 g/mol. The molecule has 0 saturated heterocycles. The summed E-state index contributed by atoms with van der Waals surface area (Å²) in [6.45, 7) is 4.46. The molecule has 0 aromatic heterocycles. The Labute approximate surface area is 100 Å². The normalized spacial score (nSPS) is 13.1. The molecule has 0 heterocycles. The molecule has 0 aliphatic heterocycles. The van der Waals surface area contributed by atoms with Crippen LogP contribution in [-0.2, 0) is 0 Å². The number of benzene rings is 1. The van der Waals surface area contributed by atoms with Crippen molar-refractivity contribution in [2.45, 2.75) is 32.6 Å². The van der Waals surface area contributed by atoms with Crippen molar-refractivity contribution < 1.29 is 4.39 Å². The SMILES string of the molecule is CC(C)CCC(CBr)c1ccc(F)cc1. The van der Waals surface area contributed by atoms with Gasteiger partial charge in [-0.05, 0) is 36.0 Å². The van der Waals surface area contributed by atoms with Crippen molar-refractivity contribution in [3.8, 4) is 0 Å². The van der Waals surface area contributed by atoms with Gasteiger partial charge in [0.2, 0.25) is 0 Å². The minimum absolute atomic E-state index is 0.157. The largest absolute Gasteiger partial charge is 0.207 e. The van der Waals surface area contributed by atoms with Gasteiger partial charge in [-0.2, -0.15) is 0 Å². The van der Waals surface area contributed by atoms with Gasteiger partial charge in [0.25, 0.3) is 0 Å². The fourth-order valence-corrected chi connectivity index (χ4v) is 2.30. The van der Waals surface area contributed by atoms with Crippen molar-refractivity contribution in [2.75, 3.05) is 5.33 Å². The molecule has 1 rings (SSSR count). The van der Waals surface area contributed by atoms with Crippen LogP contribution in [0.2, 0.25) is 0 Å². The zero-order valence-corrected chi connectivity index (χ0v) is 10.9. The predicted molar refractivity (Wildman–Crippen MR) is 67.0 cm³/mol. The Balaban J connectivity index is 2.61. The van der Waals surface area contributed by atoms with Gasteiger partial charge >= 0.3 is 0 Å². The van der Waals surface area contributed by atoms with E-state index in [0.29, 0.717) is 5.92 Å². The molecule has 0 spiro atoms. The first-order valence-corrected chi connectivity index (χ1v) is 6.57. The van der Waals surface area contributed by atoms with Gasteiger partial charge in [-0.25, -0.2) is 4.39 Å². The summed E-state index contributed by atoms with van der Waals surface area (Å²) >= 11 is 3.53. The molecule has 0 nitrogen and oxygen atoms in total. The number of alkyl halides is 1. The van der Waals surface area contributed by atoms with Crippen molar-refractivity contribution in [2.24, 2.45) is 5.92 Å². The molecule has 1 aromatic rings. The Morgan fingerprint density at radius 1 is 1.13 bits per heavy atom. The van der Waals surface area contributed by atoms with E-state index >= 15 is 0 Å². The molecule has 1 atom stereocenters. The molecule has 0 bridgehead atoms. The fraction of sp³-hybridized carbons (Fsp3) is 0.538. The third-order valence-electron chi connectivity index (χ3n) is 2.62. The topological polar surface area (TPSA) is 0 Å². The maximum Gasteiger partial charge on any atom is 0.123 e. The summed E-state index contributed by atoms with van der Waals surface area (Å²) in [6.07, 6.45) is 2.38. The molecule has 0 N–H and O–H groups in total. The number of halogens is 2. The second kappa shape index (κ2) is 6.26. The Kier molecular flexibility index (Phi) is 5.30. The van der Waals surface area contributed by atoms with Crippen LogP contribution in [-0.4, -0.2) is 5.33 Å². The lowest BCUT2D eigenvalue weighted by atomic mass is 9.93. The lowest BCUT2D eigenvalue weighted by molar-refractivity contribution is 0.520. The van der Waals surface area contributed by atoms with Gasteiger partial charge in [-0.3, -0.25) is 0 Å². The molecule has 0 amide bonds. The summed E-state index contributed by atoms with van der Waals surface area (Å²) < 4.78 is 12.8. The van der Waals surface area contributed by atoms with Gasteiger partial charge in [0, 0.05) is 5.33 Å². The summed E-state index contributed by atoms with van der Waals surface area (Å²) in [5.74, 6) is 1.08. The molecule has 84 valence electrons. The van der Waals surface area contributed by atoms with Crippen LogP contribution >= 0.6 is 15.9 Å². The van der Waals surface area contributed by atoms with E-state index < -0.39 is 0 Å². The highest BCUT2D eigenvalue weighted by Gasteiger charge is 2.10. The van der Waals surface area contributed by atoms with Crippen molar-refractivity contribution >= 4 is 15.9 Å². The zero-order valence-electron chi connectivity index (χ0n) is 9.34. The van der Waals surface area contributed by atoms with Crippen molar-refractivity contribution in [1.82, 2.24) is 0 Å². The van der Waals surface area contributed by atoms with E-state index in [1.54, 1.807) is 12.1 Å². The lowest BCUT2D eigenvalue weighted by Gasteiger charge is -2.15. The highest BCUT2D eigenvalue weighted by molar-refractivity contribution is 9.09. The van der Waals surface area contributed by atoms with Gasteiger partial charge in [0.15, 0.2) is 0 Å². The van der Waals surface area contributed by atoms with E-state index in [9.17, 15) is 4.39 Å². The standard InChI is InChI=1S/C13H18BrF/c1-10(2)3-4-12(9-14)11-5-7-13(15)8-6-11/h5-8,10,12H,3-4,9H2,1-2H3. The number of hydrogen-bond acceptors (Lipinski definition) is 0. The zero-order chi connectivity index (χ0) is 11.3. The highest BCUT2D eigenvalue weighted by Crippen LogP contribution is 2.25. The summed E-state index contributed by atoms with van der Waals surface area (Å²) in [7, 11) is 0. The number of hydrogen-bond donors (Lipinski definition) is 0. The first kappa shape index (κ1) is 12.7. The summed E-state index contributed by atoms with van der Waals surface area (Å²) in [6, 6.07) is 6.86. The highest BCUT2D eigenvalue weighted by atomic mass is 79.9. The first-order chi connectivity index (χ1) is 7.13. The van der Waals surface area contributed by atoms with Crippen molar-refractivity contribution in [3.63, 3.8) is 0 Å². The second-order valence-corrected chi connectivity index (χ2v) is 5.02. The van der Waals surface area contributed by atoms with Crippen LogP contribution in [0.25, 0.3) is 0 Å². The van der Waals surface area contributed by atoms with Crippen LogP contribution in [0.5, 0.6) is 0 Å². The van der Waals surface area contributed by atoms with Crippen molar-refractivity contribution in [1.29, 1.82) is 0 Å². The number of rotatable bonds is 5. The van der Waals surface area contributed by atoms with Crippen LogP contribution in [0.4, 0.5) is 4.39 Å². The smallest absolute Gasteiger partial charge is 0.123 e. The maximum absolute atomic E-state index is 12.8. The van der Waals surface area contributed by atoms with Crippen molar-refractivity contribution in [3.05, 3.63) is 35.6 Å². The van der Waals surface area contributed by atoms with Crippen LogP contribution in [0.15, 0.2) is 24.3 Å². The molecule has 0 saturated carbocycles. The molecule has 1 unspecified atom stereocenters. The van der Waals surface area contributed by atoms with E-state index in [1.807, 2.05) is 12.1 Å². The first-order valence-electron chi connectivity index (χ1n) is 5.45. The maximum atomic E-state index is 12.8. The minimum Gasteiger partial charge on any atom is -0.207 e. The van der Waals surface area contributed by atoms with Crippen LogP contribution < -0.4 is 0 Å². The van der Waals surface area contributed by atoms with E-state index in [2.05, 4.69) is 29.8 Å². The Bertz CT molecular complexity index is 279. The second-order valence-electron chi connectivity index (χ2n) is 4.37. The quantitative estimate of drug-likeness (QED) is 0.680. The van der Waals surface area contributed by atoms with Crippen LogP contribution in [0.3, 0.4) is 0 Å². The Morgan fingerprint density at radius 3 is 2.20 bits per heavy atom. The van der Waals surface area contributed by atoms with E-state index in [4.69, 9.17) is 0 Å². The van der Waals surface area contributed by atoms with Gasteiger partial charge in [-0.1, -0.05) is 48.3 Å². The molecule has 0 fully saturated rings. The molecule has 1 aromatic carbocycles. The van der Waals surface area contributed by atoms with E-state index in [-0.39, 0.29) is 5.82 Å². The summed E-state index contributed by atoms with van der Waals surface area (Å²) in [4.78, 5) is 0. The van der Waals surface area contributed by atoms with Gasteiger partial charge in [0.05, 0.1) is 0 Å². The average Bonchev–Trinajstić information content (AvgIpc) is 2.21. The van der Waals surface area contributed by atoms with E-state index in [0.717, 1.165) is 17.7 Å². The monoisotopic (exact) mass is 272 g/mol. The Morgan fingerprint density at radius 2 is 1.73 bits per heavy atom. The minimum atomic E-state index is -0.157. The van der Waals surface area contributed by atoms with Gasteiger partial charge < -0.3 is 0 Å². The Hall–Kier alpha value is -0.370. The van der Waals surface area contributed by atoms with Gasteiger partial charge in [0.1, 0.15) is 5.82 Å².